The lowest BCUT2D eigenvalue weighted by molar-refractivity contribution is 0.0951. The molecule has 6 nitrogen and oxygen atoms in total. The topological polar surface area (TPSA) is 75.3 Å². The third-order valence-electron chi connectivity index (χ3n) is 4.15. The smallest absolute Gasteiger partial charge is 0.255 e. The Bertz CT molecular complexity index is 697. The number of anilines is 2. The quantitative estimate of drug-likeness (QED) is 0.722. The molecule has 1 atom stereocenters. The van der Waals surface area contributed by atoms with E-state index in [1.165, 1.54) is 0 Å². The standard InChI is InChI=1S/C19H24N4O2/c1-2-25-16-9-7-14(8-10-16)23-18-17(6-4-12-21-18)19(24)22-13-15-5-3-11-20-15/h4,6-10,12,15,20H,2-3,5,11,13H2,1H3,(H,21,23)(H,22,24). The zero-order valence-electron chi connectivity index (χ0n) is 14.4. The molecule has 6 heteroatoms. The molecule has 1 aromatic heterocycles. The van der Waals surface area contributed by atoms with Gasteiger partial charge in [-0.1, -0.05) is 0 Å². The Morgan fingerprint density at radius 1 is 1.32 bits per heavy atom. The molecule has 0 radical (unpaired) electrons. The molecule has 1 aliphatic rings. The minimum atomic E-state index is -0.116. The van der Waals surface area contributed by atoms with Crippen molar-refractivity contribution in [2.24, 2.45) is 0 Å². The van der Waals surface area contributed by atoms with Gasteiger partial charge in [-0.3, -0.25) is 4.79 Å². The van der Waals surface area contributed by atoms with E-state index in [2.05, 4.69) is 20.9 Å². The van der Waals surface area contributed by atoms with Crippen molar-refractivity contribution in [3.05, 3.63) is 48.2 Å². The molecule has 0 bridgehead atoms. The van der Waals surface area contributed by atoms with E-state index in [0.29, 0.717) is 30.6 Å². The van der Waals surface area contributed by atoms with Gasteiger partial charge in [-0.25, -0.2) is 4.98 Å². The Morgan fingerprint density at radius 2 is 2.16 bits per heavy atom. The van der Waals surface area contributed by atoms with Crippen molar-refractivity contribution in [3.8, 4) is 5.75 Å². The van der Waals surface area contributed by atoms with Gasteiger partial charge in [-0.2, -0.15) is 0 Å². The summed E-state index contributed by atoms with van der Waals surface area (Å²) in [6.07, 6.45) is 3.94. The van der Waals surface area contributed by atoms with E-state index in [1.54, 1.807) is 18.3 Å². The number of aromatic nitrogens is 1. The molecule has 1 amide bonds. The average molecular weight is 340 g/mol. The number of nitrogens with one attached hydrogen (secondary N) is 3. The van der Waals surface area contributed by atoms with Crippen LogP contribution in [0.15, 0.2) is 42.6 Å². The van der Waals surface area contributed by atoms with Crippen LogP contribution in [0.2, 0.25) is 0 Å². The normalized spacial score (nSPS) is 16.4. The Labute approximate surface area is 148 Å². The zero-order chi connectivity index (χ0) is 17.5. The molecule has 0 spiro atoms. The molecular formula is C19H24N4O2. The van der Waals surface area contributed by atoms with Gasteiger partial charge in [0.2, 0.25) is 0 Å². The summed E-state index contributed by atoms with van der Waals surface area (Å²) in [6, 6.07) is 11.5. The lowest BCUT2D eigenvalue weighted by Crippen LogP contribution is -2.37. The number of benzene rings is 1. The fourth-order valence-electron chi connectivity index (χ4n) is 2.87. The van der Waals surface area contributed by atoms with Crippen LogP contribution in [0.5, 0.6) is 5.75 Å². The monoisotopic (exact) mass is 340 g/mol. The second-order valence-corrected chi connectivity index (χ2v) is 5.99. The number of carbonyl (C=O) groups is 1. The second-order valence-electron chi connectivity index (χ2n) is 5.99. The Morgan fingerprint density at radius 3 is 2.88 bits per heavy atom. The largest absolute Gasteiger partial charge is 0.494 e. The number of hydrogen-bond acceptors (Lipinski definition) is 5. The second kappa shape index (κ2) is 8.48. The molecule has 0 aliphatic carbocycles. The fourth-order valence-corrected chi connectivity index (χ4v) is 2.87. The van der Waals surface area contributed by atoms with Crippen LogP contribution in [-0.4, -0.2) is 36.6 Å². The lowest BCUT2D eigenvalue weighted by Gasteiger charge is -2.14. The number of hydrogen-bond donors (Lipinski definition) is 3. The van der Waals surface area contributed by atoms with E-state index < -0.39 is 0 Å². The van der Waals surface area contributed by atoms with Crippen LogP contribution in [0.3, 0.4) is 0 Å². The van der Waals surface area contributed by atoms with Gasteiger partial charge in [0.15, 0.2) is 0 Å². The van der Waals surface area contributed by atoms with E-state index in [-0.39, 0.29) is 5.91 Å². The Balaban J connectivity index is 1.66. The van der Waals surface area contributed by atoms with Crippen molar-refractivity contribution in [1.82, 2.24) is 15.6 Å². The summed E-state index contributed by atoms with van der Waals surface area (Å²) in [5.41, 5.74) is 1.39. The van der Waals surface area contributed by atoms with Crippen LogP contribution in [-0.2, 0) is 0 Å². The van der Waals surface area contributed by atoms with Gasteiger partial charge < -0.3 is 20.7 Å². The van der Waals surface area contributed by atoms with Crippen LogP contribution in [0, 0.1) is 0 Å². The summed E-state index contributed by atoms with van der Waals surface area (Å²) >= 11 is 0. The summed E-state index contributed by atoms with van der Waals surface area (Å²) < 4.78 is 5.44. The van der Waals surface area contributed by atoms with Crippen molar-refractivity contribution >= 4 is 17.4 Å². The first kappa shape index (κ1) is 17.2. The molecule has 2 heterocycles. The SMILES string of the molecule is CCOc1ccc(Nc2ncccc2C(=O)NCC2CCCN2)cc1. The first-order valence-corrected chi connectivity index (χ1v) is 8.72. The number of rotatable bonds is 7. The summed E-state index contributed by atoms with van der Waals surface area (Å²) in [5, 5.41) is 9.57. The maximum atomic E-state index is 12.5. The summed E-state index contributed by atoms with van der Waals surface area (Å²) in [6.45, 7) is 4.24. The van der Waals surface area contributed by atoms with E-state index in [4.69, 9.17) is 4.74 Å². The van der Waals surface area contributed by atoms with E-state index >= 15 is 0 Å². The molecule has 1 unspecified atom stereocenters. The van der Waals surface area contributed by atoms with Gasteiger partial charge >= 0.3 is 0 Å². The molecule has 1 aliphatic heterocycles. The van der Waals surface area contributed by atoms with Gasteiger partial charge in [-0.15, -0.1) is 0 Å². The molecule has 25 heavy (non-hydrogen) atoms. The molecule has 0 saturated carbocycles. The molecule has 1 saturated heterocycles. The highest BCUT2D eigenvalue weighted by molar-refractivity contribution is 5.99. The highest BCUT2D eigenvalue weighted by Crippen LogP contribution is 2.21. The van der Waals surface area contributed by atoms with Gasteiger partial charge in [0, 0.05) is 24.5 Å². The summed E-state index contributed by atoms with van der Waals surface area (Å²) in [4.78, 5) is 16.8. The Kier molecular flexibility index (Phi) is 5.85. The van der Waals surface area contributed by atoms with Crippen molar-refractivity contribution in [2.45, 2.75) is 25.8 Å². The fraction of sp³-hybridized carbons (Fsp3) is 0.368. The lowest BCUT2D eigenvalue weighted by atomic mass is 10.2. The number of carbonyl (C=O) groups excluding carboxylic acids is 1. The maximum absolute atomic E-state index is 12.5. The van der Waals surface area contributed by atoms with Crippen LogP contribution < -0.4 is 20.7 Å². The molecule has 3 rings (SSSR count). The van der Waals surface area contributed by atoms with Crippen molar-refractivity contribution < 1.29 is 9.53 Å². The van der Waals surface area contributed by atoms with Crippen LogP contribution in [0.25, 0.3) is 0 Å². The van der Waals surface area contributed by atoms with Crippen LogP contribution in [0.4, 0.5) is 11.5 Å². The summed E-state index contributed by atoms with van der Waals surface area (Å²) in [5.74, 6) is 1.25. The number of ether oxygens (including phenoxy) is 1. The average Bonchev–Trinajstić information content (AvgIpc) is 3.16. The predicted octanol–water partition coefficient (Wildman–Crippen LogP) is 2.71. The van der Waals surface area contributed by atoms with Gasteiger partial charge in [0.05, 0.1) is 12.2 Å². The third-order valence-corrected chi connectivity index (χ3v) is 4.15. The minimum Gasteiger partial charge on any atom is -0.494 e. The van der Waals surface area contributed by atoms with Crippen LogP contribution in [0.1, 0.15) is 30.1 Å². The first-order chi connectivity index (χ1) is 12.3. The third kappa shape index (κ3) is 4.70. The van der Waals surface area contributed by atoms with Gasteiger partial charge in [0.1, 0.15) is 11.6 Å². The van der Waals surface area contributed by atoms with Crippen LogP contribution >= 0.6 is 0 Å². The van der Waals surface area contributed by atoms with Gasteiger partial charge in [-0.05, 0) is 62.7 Å². The summed E-state index contributed by atoms with van der Waals surface area (Å²) in [7, 11) is 0. The minimum absolute atomic E-state index is 0.116. The predicted molar refractivity (Wildman–Crippen MR) is 98.5 cm³/mol. The number of amides is 1. The molecule has 132 valence electrons. The van der Waals surface area contributed by atoms with E-state index in [0.717, 1.165) is 30.8 Å². The highest BCUT2D eigenvalue weighted by atomic mass is 16.5. The van der Waals surface area contributed by atoms with Crippen molar-refractivity contribution in [2.75, 3.05) is 25.0 Å². The Hall–Kier alpha value is -2.60. The molecule has 1 fully saturated rings. The number of nitrogens with zero attached hydrogens (tertiary/aromatic N) is 1. The number of pyridine rings is 1. The van der Waals surface area contributed by atoms with Crippen molar-refractivity contribution in [3.63, 3.8) is 0 Å². The van der Waals surface area contributed by atoms with E-state index in [1.807, 2.05) is 31.2 Å². The zero-order valence-corrected chi connectivity index (χ0v) is 14.4. The maximum Gasteiger partial charge on any atom is 0.255 e. The molecule has 2 aromatic rings. The highest BCUT2D eigenvalue weighted by Gasteiger charge is 2.17. The molecular weight excluding hydrogens is 316 g/mol. The first-order valence-electron chi connectivity index (χ1n) is 8.72. The van der Waals surface area contributed by atoms with E-state index in [9.17, 15) is 4.79 Å². The molecule has 1 aromatic carbocycles. The molecule has 3 N–H and O–H groups in total. The van der Waals surface area contributed by atoms with Crippen molar-refractivity contribution in [1.29, 1.82) is 0 Å². The van der Waals surface area contributed by atoms with Gasteiger partial charge in [0.25, 0.3) is 5.91 Å².